The highest BCUT2D eigenvalue weighted by molar-refractivity contribution is 5.22. The van der Waals surface area contributed by atoms with Crippen LogP contribution >= 0.6 is 0 Å². The van der Waals surface area contributed by atoms with Crippen molar-refractivity contribution in [2.75, 3.05) is 0 Å². The lowest BCUT2D eigenvalue weighted by molar-refractivity contribution is -0.00436. The fraction of sp³-hybridized carbons (Fsp3) is 1.00. The van der Waals surface area contributed by atoms with Crippen LogP contribution in [0.4, 0.5) is 0 Å². The second-order valence-corrected chi connectivity index (χ2v) is 7.30. The Morgan fingerprint density at radius 2 is 1.64 bits per heavy atom. The Balaban J connectivity index is 2.17. The van der Waals surface area contributed by atoms with E-state index in [1.165, 1.54) is 0 Å². The molecule has 0 aromatic rings. The Kier molecular flexibility index (Phi) is 1.93. The van der Waals surface area contributed by atoms with Crippen LogP contribution in [0.25, 0.3) is 0 Å². The van der Waals surface area contributed by atoms with Crippen molar-refractivity contribution in [1.29, 1.82) is 0 Å². The maximum absolute atomic E-state index is 2.52. The molecule has 0 aliphatic heterocycles. The first-order valence-electron chi connectivity index (χ1n) is 6.22. The van der Waals surface area contributed by atoms with Gasteiger partial charge < -0.3 is 0 Å². The molecule has 0 heterocycles. The van der Waals surface area contributed by atoms with Gasteiger partial charge in [0.15, 0.2) is 0 Å². The molecule has 5 atom stereocenters. The quantitative estimate of drug-likeness (QED) is 0.586. The zero-order chi connectivity index (χ0) is 10.9. The normalized spacial score (nSPS) is 51.4. The van der Waals surface area contributed by atoms with Gasteiger partial charge in [0, 0.05) is 0 Å². The summed E-state index contributed by atoms with van der Waals surface area (Å²) in [4.78, 5) is 0. The third-order valence-corrected chi connectivity index (χ3v) is 5.60. The molecule has 0 bridgehead atoms. The van der Waals surface area contributed by atoms with E-state index < -0.39 is 0 Å². The van der Waals surface area contributed by atoms with Crippen molar-refractivity contribution in [2.45, 2.75) is 48.5 Å². The van der Waals surface area contributed by atoms with Crippen molar-refractivity contribution in [1.82, 2.24) is 0 Å². The van der Waals surface area contributed by atoms with Crippen LogP contribution in [0.2, 0.25) is 0 Å². The second-order valence-electron chi connectivity index (χ2n) is 7.30. The van der Waals surface area contributed by atoms with Crippen molar-refractivity contribution in [3.8, 4) is 0 Å². The van der Waals surface area contributed by atoms with Crippen LogP contribution in [0.1, 0.15) is 48.5 Å². The molecular weight excluding hydrogens is 168 g/mol. The summed E-state index contributed by atoms with van der Waals surface area (Å²) in [6.07, 6.45) is 0. The molecule has 2 saturated carbocycles. The summed E-state index contributed by atoms with van der Waals surface area (Å²) in [5, 5.41) is 0. The van der Waals surface area contributed by atoms with E-state index in [0.717, 1.165) is 29.6 Å². The molecule has 0 radical (unpaired) electrons. The van der Waals surface area contributed by atoms with E-state index >= 15 is 0 Å². The van der Waals surface area contributed by atoms with E-state index in [0.29, 0.717) is 10.8 Å². The first-order chi connectivity index (χ1) is 6.22. The van der Waals surface area contributed by atoms with Crippen molar-refractivity contribution in [2.24, 2.45) is 40.4 Å². The summed E-state index contributed by atoms with van der Waals surface area (Å²) in [6.45, 7) is 17.1. The van der Waals surface area contributed by atoms with Gasteiger partial charge in [-0.25, -0.2) is 0 Å². The molecule has 0 saturated heterocycles. The Labute approximate surface area is 89.5 Å². The second kappa shape index (κ2) is 2.57. The molecule has 0 aromatic heterocycles. The van der Waals surface area contributed by atoms with Gasteiger partial charge in [-0.2, -0.15) is 0 Å². The van der Waals surface area contributed by atoms with Crippen LogP contribution in [-0.4, -0.2) is 0 Å². The highest BCUT2D eigenvalue weighted by Crippen LogP contribution is 2.80. The van der Waals surface area contributed by atoms with E-state index in [-0.39, 0.29) is 0 Å². The highest BCUT2D eigenvalue weighted by atomic mass is 14.8. The minimum absolute atomic E-state index is 0.538. The van der Waals surface area contributed by atoms with Gasteiger partial charge in [-0.3, -0.25) is 0 Å². The molecule has 0 heteroatoms. The lowest BCUT2D eigenvalue weighted by Crippen LogP contribution is -2.43. The van der Waals surface area contributed by atoms with Gasteiger partial charge in [-0.15, -0.1) is 0 Å². The van der Waals surface area contributed by atoms with Gasteiger partial charge in [0.05, 0.1) is 0 Å². The van der Waals surface area contributed by atoms with Gasteiger partial charge in [0.1, 0.15) is 0 Å². The third kappa shape index (κ3) is 1.01. The fourth-order valence-electron chi connectivity index (χ4n) is 4.38. The van der Waals surface area contributed by atoms with Crippen molar-refractivity contribution >= 4 is 0 Å². The van der Waals surface area contributed by atoms with Crippen molar-refractivity contribution in [3.05, 3.63) is 0 Å². The molecule has 0 aromatic carbocycles. The van der Waals surface area contributed by atoms with E-state index in [9.17, 15) is 0 Å². The Bertz CT molecular complexity index is 245. The number of fused-ring (bicyclic) bond motifs is 1. The fourth-order valence-corrected chi connectivity index (χ4v) is 4.38. The predicted molar refractivity (Wildman–Crippen MR) is 62.0 cm³/mol. The molecular formula is C14H26. The molecule has 0 nitrogen and oxygen atoms in total. The molecule has 14 heavy (non-hydrogen) atoms. The summed E-state index contributed by atoms with van der Waals surface area (Å²) in [7, 11) is 0. The van der Waals surface area contributed by atoms with Crippen LogP contribution in [0.15, 0.2) is 0 Å². The lowest BCUT2D eigenvalue weighted by atomic mass is 9.57. The average molecular weight is 194 g/mol. The Morgan fingerprint density at radius 1 is 1.14 bits per heavy atom. The first-order valence-corrected chi connectivity index (χ1v) is 6.22. The average Bonchev–Trinajstić information content (AvgIpc) is 2.72. The minimum atomic E-state index is 0.538. The SMILES string of the molecule is CC(C)C1(C)C(C)C2C(C(C)(C)C)C21. The minimum Gasteiger partial charge on any atom is -0.0622 e. The molecule has 0 amide bonds. The zero-order valence-corrected chi connectivity index (χ0v) is 10.9. The molecule has 2 aliphatic rings. The van der Waals surface area contributed by atoms with Crippen molar-refractivity contribution < 1.29 is 0 Å². The van der Waals surface area contributed by atoms with Gasteiger partial charge >= 0.3 is 0 Å². The maximum Gasteiger partial charge on any atom is -0.0240 e. The van der Waals surface area contributed by atoms with Gasteiger partial charge in [0.2, 0.25) is 0 Å². The van der Waals surface area contributed by atoms with E-state index in [4.69, 9.17) is 0 Å². The number of rotatable bonds is 1. The zero-order valence-electron chi connectivity index (χ0n) is 10.9. The van der Waals surface area contributed by atoms with E-state index in [1.807, 2.05) is 0 Å². The van der Waals surface area contributed by atoms with E-state index in [1.54, 1.807) is 0 Å². The summed E-state index contributed by atoms with van der Waals surface area (Å²) in [6, 6.07) is 0. The van der Waals surface area contributed by atoms with Crippen LogP contribution < -0.4 is 0 Å². The molecule has 2 rings (SSSR count). The summed E-state index contributed by atoms with van der Waals surface area (Å²) in [5.74, 6) is 4.91. The molecule has 5 unspecified atom stereocenters. The molecule has 2 fully saturated rings. The lowest BCUT2D eigenvalue weighted by Gasteiger charge is -2.48. The summed E-state index contributed by atoms with van der Waals surface area (Å²) < 4.78 is 0. The van der Waals surface area contributed by atoms with Gasteiger partial charge in [0.25, 0.3) is 0 Å². The molecule has 0 spiro atoms. The van der Waals surface area contributed by atoms with Crippen LogP contribution in [0.3, 0.4) is 0 Å². The number of hydrogen-bond acceptors (Lipinski definition) is 0. The van der Waals surface area contributed by atoms with Crippen LogP contribution in [-0.2, 0) is 0 Å². The monoisotopic (exact) mass is 194 g/mol. The predicted octanol–water partition coefficient (Wildman–Crippen LogP) is 4.21. The number of hydrogen-bond donors (Lipinski definition) is 0. The summed E-state index contributed by atoms with van der Waals surface area (Å²) >= 11 is 0. The van der Waals surface area contributed by atoms with E-state index in [2.05, 4.69) is 48.5 Å². The largest absolute Gasteiger partial charge is 0.0622 e. The Morgan fingerprint density at radius 3 is 1.86 bits per heavy atom. The molecule has 0 N–H and O–H groups in total. The Hall–Kier alpha value is 0. The molecule has 82 valence electrons. The topological polar surface area (TPSA) is 0 Å². The van der Waals surface area contributed by atoms with Gasteiger partial charge in [-0.1, -0.05) is 48.5 Å². The van der Waals surface area contributed by atoms with Crippen molar-refractivity contribution in [3.63, 3.8) is 0 Å². The first kappa shape index (κ1) is 10.5. The maximum atomic E-state index is 2.52. The van der Waals surface area contributed by atoms with Crippen LogP contribution in [0.5, 0.6) is 0 Å². The standard InChI is InChI=1S/C14H26/c1-8(2)14(7)9(3)10-11(12(10)14)13(4,5)6/h8-12H,1-7H3. The smallest absolute Gasteiger partial charge is 0.0240 e. The molecule has 2 aliphatic carbocycles. The summed E-state index contributed by atoms with van der Waals surface area (Å²) in [5.41, 5.74) is 1.18. The third-order valence-electron chi connectivity index (χ3n) is 5.60. The van der Waals surface area contributed by atoms with Gasteiger partial charge in [-0.05, 0) is 40.4 Å². The van der Waals surface area contributed by atoms with Crippen LogP contribution in [0, 0.1) is 40.4 Å². The highest BCUT2D eigenvalue weighted by Gasteiger charge is 2.75.